The summed E-state index contributed by atoms with van der Waals surface area (Å²) in [5.41, 5.74) is 2.48. The van der Waals surface area contributed by atoms with Gasteiger partial charge < -0.3 is 10.2 Å². The summed E-state index contributed by atoms with van der Waals surface area (Å²) in [6.45, 7) is 4.37. The maximum Gasteiger partial charge on any atom is 0.114 e. The fraction of sp³-hybridized carbons (Fsp3) is 0.545. The van der Waals surface area contributed by atoms with E-state index in [9.17, 15) is 0 Å². The molecule has 2 aliphatic rings. The minimum atomic E-state index is 0.666. The number of pyridine rings is 1. The number of aromatic nitrogens is 1. The average Bonchev–Trinajstić information content (AvgIpc) is 2.79. The summed E-state index contributed by atoms with van der Waals surface area (Å²) in [5.74, 6) is 0. The van der Waals surface area contributed by atoms with Crippen LogP contribution >= 0.6 is 0 Å². The van der Waals surface area contributed by atoms with E-state index >= 15 is 0 Å². The van der Waals surface area contributed by atoms with Crippen molar-refractivity contribution in [2.75, 3.05) is 18.0 Å². The fourth-order valence-corrected chi connectivity index (χ4v) is 2.54. The number of nitrogens with one attached hydrogen (secondary N) is 1. The fourth-order valence-electron chi connectivity index (χ4n) is 2.54. The van der Waals surface area contributed by atoms with Gasteiger partial charge in [-0.2, -0.15) is 0 Å². The molecule has 1 N–H and O–H groups in total. The second-order valence-corrected chi connectivity index (χ2v) is 4.24. The molecule has 0 aromatic carbocycles. The zero-order valence-corrected chi connectivity index (χ0v) is 8.33. The second-order valence-electron chi connectivity index (χ2n) is 4.24. The van der Waals surface area contributed by atoms with Crippen molar-refractivity contribution in [2.24, 2.45) is 0 Å². The molecular weight excluding hydrogens is 174 g/mol. The minimum Gasteiger partial charge on any atom is -0.364 e. The van der Waals surface area contributed by atoms with E-state index < -0.39 is 0 Å². The van der Waals surface area contributed by atoms with Gasteiger partial charge in [0.1, 0.15) is 6.20 Å². The van der Waals surface area contributed by atoms with E-state index in [0.717, 1.165) is 13.1 Å². The van der Waals surface area contributed by atoms with Crippen LogP contribution in [-0.4, -0.2) is 30.2 Å². The van der Waals surface area contributed by atoms with Crippen LogP contribution < -0.4 is 10.2 Å². The number of hydrogen-bond donors (Lipinski definition) is 1. The summed E-state index contributed by atoms with van der Waals surface area (Å²) in [6.07, 6.45) is 6.20. The van der Waals surface area contributed by atoms with Crippen LogP contribution in [0.4, 0.5) is 5.69 Å². The number of anilines is 1. The van der Waals surface area contributed by atoms with Crippen LogP contribution in [0.1, 0.15) is 12.0 Å². The standard InChI is InChI=1S/C11H14N3/c1-8-2-3-12-6-11(8)14-7-9-4-10(14)5-13-9/h2-3,9-10,13H,4-5,7H2,1H3. The van der Waals surface area contributed by atoms with E-state index in [1.165, 1.54) is 17.7 Å². The number of rotatable bonds is 1. The van der Waals surface area contributed by atoms with Crippen molar-refractivity contribution in [3.63, 3.8) is 0 Å². The zero-order chi connectivity index (χ0) is 9.54. The van der Waals surface area contributed by atoms with Crippen molar-refractivity contribution >= 4 is 5.69 Å². The number of aryl methyl sites for hydroxylation is 1. The van der Waals surface area contributed by atoms with Gasteiger partial charge in [0.05, 0.1) is 5.69 Å². The van der Waals surface area contributed by atoms with E-state index in [-0.39, 0.29) is 0 Å². The average molecular weight is 188 g/mol. The SMILES string of the molecule is Cc1ccn[c]c1N1CC2CC1CN2. The number of hydrogen-bond acceptors (Lipinski definition) is 3. The maximum atomic E-state index is 4.09. The van der Waals surface area contributed by atoms with Gasteiger partial charge >= 0.3 is 0 Å². The first-order valence-corrected chi connectivity index (χ1v) is 5.18. The molecule has 3 rings (SSSR count). The lowest BCUT2D eigenvalue weighted by Gasteiger charge is -2.30. The van der Waals surface area contributed by atoms with Crippen molar-refractivity contribution in [1.82, 2.24) is 10.3 Å². The summed E-state index contributed by atoms with van der Waals surface area (Å²) in [7, 11) is 0. The Morgan fingerprint density at radius 3 is 3.21 bits per heavy atom. The van der Waals surface area contributed by atoms with Crippen molar-refractivity contribution in [1.29, 1.82) is 0 Å². The van der Waals surface area contributed by atoms with Crippen molar-refractivity contribution in [3.8, 4) is 0 Å². The molecule has 3 heterocycles. The summed E-state index contributed by atoms with van der Waals surface area (Å²) in [4.78, 5) is 6.53. The Kier molecular flexibility index (Phi) is 1.74. The first kappa shape index (κ1) is 8.24. The Morgan fingerprint density at radius 2 is 2.57 bits per heavy atom. The molecule has 2 saturated heterocycles. The Bertz CT molecular complexity index is 350. The lowest BCUT2D eigenvalue weighted by atomic mass is 10.2. The summed E-state index contributed by atoms with van der Waals surface area (Å²) in [6, 6.07) is 3.41. The maximum absolute atomic E-state index is 4.09. The predicted molar refractivity (Wildman–Crippen MR) is 55.4 cm³/mol. The smallest absolute Gasteiger partial charge is 0.114 e. The monoisotopic (exact) mass is 188 g/mol. The molecule has 2 bridgehead atoms. The highest BCUT2D eigenvalue weighted by Crippen LogP contribution is 2.30. The van der Waals surface area contributed by atoms with Gasteiger partial charge in [0, 0.05) is 31.4 Å². The van der Waals surface area contributed by atoms with Gasteiger partial charge in [0.2, 0.25) is 0 Å². The Balaban J connectivity index is 1.93. The Labute approximate surface area is 84.1 Å². The molecule has 3 nitrogen and oxygen atoms in total. The largest absolute Gasteiger partial charge is 0.364 e. The van der Waals surface area contributed by atoms with E-state index in [2.05, 4.69) is 34.4 Å². The molecule has 0 spiro atoms. The molecule has 2 atom stereocenters. The summed E-state index contributed by atoms with van der Waals surface area (Å²) in [5, 5.41) is 3.50. The molecule has 2 aliphatic heterocycles. The number of fused-ring (bicyclic) bond motifs is 2. The third-order valence-electron chi connectivity index (χ3n) is 3.29. The van der Waals surface area contributed by atoms with Crippen LogP contribution in [0.25, 0.3) is 0 Å². The van der Waals surface area contributed by atoms with Gasteiger partial charge in [0.25, 0.3) is 0 Å². The molecule has 1 radical (unpaired) electrons. The topological polar surface area (TPSA) is 28.2 Å². The van der Waals surface area contributed by atoms with Crippen molar-refractivity contribution in [2.45, 2.75) is 25.4 Å². The van der Waals surface area contributed by atoms with Crippen LogP contribution in [-0.2, 0) is 0 Å². The molecular formula is C11H14N3. The van der Waals surface area contributed by atoms with Crippen LogP contribution in [0.3, 0.4) is 0 Å². The van der Waals surface area contributed by atoms with Gasteiger partial charge in [-0.05, 0) is 25.0 Å². The van der Waals surface area contributed by atoms with Gasteiger partial charge in [-0.25, -0.2) is 0 Å². The quantitative estimate of drug-likeness (QED) is 0.704. The van der Waals surface area contributed by atoms with E-state index in [1.807, 2.05) is 6.20 Å². The van der Waals surface area contributed by atoms with Crippen LogP contribution in [0.5, 0.6) is 0 Å². The predicted octanol–water partition coefficient (Wildman–Crippen LogP) is 0.741. The summed E-state index contributed by atoms with van der Waals surface area (Å²) >= 11 is 0. The molecule has 0 saturated carbocycles. The van der Waals surface area contributed by atoms with Crippen LogP contribution in [0, 0.1) is 13.1 Å². The Morgan fingerprint density at radius 1 is 1.64 bits per heavy atom. The third kappa shape index (κ3) is 1.12. The first-order valence-electron chi connectivity index (χ1n) is 5.18. The third-order valence-corrected chi connectivity index (χ3v) is 3.29. The highest BCUT2D eigenvalue weighted by atomic mass is 15.3. The minimum absolute atomic E-state index is 0.666. The number of nitrogens with zero attached hydrogens (tertiary/aromatic N) is 2. The molecule has 73 valence electrons. The van der Waals surface area contributed by atoms with Crippen molar-refractivity contribution in [3.05, 3.63) is 24.0 Å². The molecule has 1 aromatic rings. The lowest BCUT2D eigenvalue weighted by Crippen LogP contribution is -2.44. The van der Waals surface area contributed by atoms with Gasteiger partial charge in [-0.1, -0.05) is 0 Å². The van der Waals surface area contributed by atoms with E-state index in [0.29, 0.717) is 12.1 Å². The molecule has 0 aliphatic carbocycles. The van der Waals surface area contributed by atoms with Gasteiger partial charge in [0.15, 0.2) is 0 Å². The Hall–Kier alpha value is -1.09. The zero-order valence-electron chi connectivity index (χ0n) is 8.33. The molecule has 3 heteroatoms. The second kappa shape index (κ2) is 2.95. The summed E-state index contributed by atoms with van der Waals surface area (Å²) < 4.78 is 0. The molecule has 1 aromatic heterocycles. The molecule has 14 heavy (non-hydrogen) atoms. The first-order chi connectivity index (χ1) is 6.84. The molecule has 2 unspecified atom stereocenters. The molecule has 2 fully saturated rings. The lowest BCUT2D eigenvalue weighted by molar-refractivity contribution is 0.579. The van der Waals surface area contributed by atoms with Gasteiger partial charge in [-0.3, -0.25) is 4.98 Å². The van der Waals surface area contributed by atoms with Gasteiger partial charge in [-0.15, -0.1) is 0 Å². The highest BCUT2D eigenvalue weighted by molar-refractivity contribution is 5.53. The van der Waals surface area contributed by atoms with E-state index in [1.54, 1.807) is 0 Å². The normalized spacial score (nSPS) is 29.9. The molecule has 0 amide bonds. The van der Waals surface area contributed by atoms with Crippen LogP contribution in [0.15, 0.2) is 12.3 Å². The highest BCUT2D eigenvalue weighted by Gasteiger charge is 2.38. The van der Waals surface area contributed by atoms with Crippen LogP contribution in [0.2, 0.25) is 0 Å². The number of piperazine rings is 1. The van der Waals surface area contributed by atoms with Crippen molar-refractivity contribution < 1.29 is 0 Å². The van der Waals surface area contributed by atoms with E-state index in [4.69, 9.17) is 0 Å².